The Bertz CT molecular complexity index is 616. The molecular weight excluding hydrogens is 463 g/mol. The number of rotatable bonds is 1. The molecule has 2 rings (SSSR count). The number of ether oxygens (including phenoxy) is 1. The zero-order valence-corrected chi connectivity index (χ0v) is 16.7. The van der Waals surface area contributed by atoms with Crippen molar-refractivity contribution in [2.75, 3.05) is 13.1 Å². The van der Waals surface area contributed by atoms with E-state index in [1.165, 1.54) is 0 Å². The molecule has 0 aromatic carbocycles. The zero-order valence-electron chi connectivity index (χ0n) is 12.9. The Balaban J connectivity index is 2.02. The first-order valence-electron chi connectivity index (χ1n) is 7.22. The van der Waals surface area contributed by atoms with Gasteiger partial charge < -0.3 is 14.2 Å². The van der Waals surface area contributed by atoms with Crippen LogP contribution in [-0.2, 0) is 4.74 Å². The number of piperidine rings is 1. The Morgan fingerprint density at radius 3 is 2.50 bits per heavy atom. The normalized spacial score (nSPS) is 16.7. The fourth-order valence-electron chi connectivity index (χ4n) is 2.44. The van der Waals surface area contributed by atoms with Crippen molar-refractivity contribution in [2.24, 2.45) is 0 Å². The highest BCUT2D eigenvalue weighted by molar-refractivity contribution is 14.1. The van der Waals surface area contributed by atoms with E-state index in [2.05, 4.69) is 38.5 Å². The summed E-state index contributed by atoms with van der Waals surface area (Å²) in [5.41, 5.74) is -0.491. The molecule has 0 saturated carbocycles. The summed E-state index contributed by atoms with van der Waals surface area (Å²) >= 11 is 5.57. The van der Waals surface area contributed by atoms with Gasteiger partial charge in [0.1, 0.15) is 5.60 Å². The molecule has 0 aliphatic carbocycles. The minimum Gasteiger partial charge on any atom is -0.444 e. The average Bonchev–Trinajstić information content (AvgIpc) is 2.41. The predicted octanol–water partition coefficient (Wildman–Crippen LogP) is 3.79. The van der Waals surface area contributed by atoms with E-state index < -0.39 is 5.60 Å². The fourth-order valence-corrected chi connectivity index (χ4v) is 3.19. The summed E-state index contributed by atoms with van der Waals surface area (Å²) in [6.45, 7) is 6.81. The van der Waals surface area contributed by atoms with Crippen molar-refractivity contribution in [1.82, 2.24) is 9.47 Å². The van der Waals surface area contributed by atoms with Crippen LogP contribution in [0.2, 0.25) is 0 Å². The number of amides is 1. The molecule has 0 spiro atoms. The summed E-state index contributed by atoms with van der Waals surface area (Å²) in [6, 6.07) is 1.73. The fraction of sp³-hybridized carbons (Fsp3) is 0.600. The Morgan fingerprint density at radius 2 is 1.95 bits per heavy atom. The molecule has 1 aromatic heterocycles. The minimum atomic E-state index is -0.479. The highest BCUT2D eigenvalue weighted by Crippen LogP contribution is 2.24. The van der Waals surface area contributed by atoms with Gasteiger partial charge in [0.05, 0.1) is 0 Å². The molecule has 0 unspecified atom stereocenters. The maximum Gasteiger partial charge on any atom is 0.410 e. The molecule has 2 heterocycles. The first-order chi connectivity index (χ1) is 10.2. The second-order valence-electron chi connectivity index (χ2n) is 6.41. The lowest BCUT2D eigenvalue weighted by atomic mass is 10.1. The van der Waals surface area contributed by atoms with Crippen LogP contribution in [0, 0.1) is 3.57 Å². The van der Waals surface area contributed by atoms with E-state index in [1.807, 2.05) is 27.0 Å². The third-order valence-corrected chi connectivity index (χ3v) is 5.75. The van der Waals surface area contributed by atoms with Crippen LogP contribution in [0.4, 0.5) is 4.79 Å². The van der Waals surface area contributed by atoms with Crippen LogP contribution in [0.5, 0.6) is 0 Å². The molecule has 5 nitrogen and oxygen atoms in total. The van der Waals surface area contributed by atoms with Crippen molar-refractivity contribution in [3.8, 4) is 0 Å². The van der Waals surface area contributed by atoms with E-state index in [0.717, 1.165) is 20.9 Å². The number of hydrogen-bond donors (Lipinski definition) is 0. The van der Waals surface area contributed by atoms with Crippen LogP contribution in [-0.4, -0.2) is 34.3 Å². The van der Waals surface area contributed by atoms with Crippen LogP contribution in [0.1, 0.15) is 39.7 Å². The van der Waals surface area contributed by atoms with Gasteiger partial charge in [-0.1, -0.05) is 0 Å². The smallest absolute Gasteiger partial charge is 0.410 e. The largest absolute Gasteiger partial charge is 0.444 e. The van der Waals surface area contributed by atoms with Gasteiger partial charge in [0.15, 0.2) is 0 Å². The summed E-state index contributed by atoms with van der Waals surface area (Å²) < 4.78 is 8.99. The quantitative estimate of drug-likeness (QED) is 0.572. The summed E-state index contributed by atoms with van der Waals surface area (Å²) in [7, 11) is 0. The summed E-state index contributed by atoms with van der Waals surface area (Å²) in [6.07, 6.45) is 3.12. The van der Waals surface area contributed by atoms with Gasteiger partial charge in [-0.15, -0.1) is 0 Å². The number of carbonyl (C=O) groups is 1. The lowest BCUT2D eigenvalue weighted by molar-refractivity contribution is 0.0187. The van der Waals surface area contributed by atoms with Crippen molar-refractivity contribution < 1.29 is 9.53 Å². The van der Waals surface area contributed by atoms with Gasteiger partial charge in [-0.3, -0.25) is 4.79 Å². The summed E-state index contributed by atoms with van der Waals surface area (Å²) in [5.74, 6) is 0. The highest BCUT2D eigenvalue weighted by atomic mass is 127. The SMILES string of the molecule is CC(C)(C)OC(=O)N1CCC(n2cc(I)c(Br)cc2=O)CC1. The predicted molar refractivity (Wildman–Crippen MR) is 97.2 cm³/mol. The van der Waals surface area contributed by atoms with Crippen molar-refractivity contribution >= 4 is 44.6 Å². The van der Waals surface area contributed by atoms with Crippen LogP contribution in [0.3, 0.4) is 0 Å². The number of nitrogens with zero attached hydrogens (tertiary/aromatic N) is 2. The molecule has 0 radical (unpaired) electrons. The Kier molecular flexibility index (Phi) is 5.58. The molecule has 1 aliphatic heterocycles. The van der Waals surface area contributed by atoms with Crippen LogP contribution in [0.15, 0.2) is 21.5 Å². The van der Waals surface area contributed by atoms with E-state index >= 15 is 0 Å². The lowest BCUT2D eigenvalue weighted by Gasteiger charge is -2.34. The molecular formula is C15H20BrIN2O3. The number of pyridine rings is 1. The Labute approximate surface area is 152 Å². The number of hydrogen-bond acceptors (Lipinski definition) is 3. The topological polar surface area (TPSA) is 51.5 Å². The van der Waals surface area contributed by atoms with E-state index in [0.29, 0.717) is 13.1 Å². The summed E-state index contributed by atoms with van der Waals surface area (Å²) in [5, 5.41) is 0. The van der Waals surface area contributed by atoms with Crippen molar-refractivity contribution in [3.05, 3.63) is 30.7 Å². The molecule has 122 valence electrons. The molecule has 1 amide bonds. The molecule has 1 saturated heterocycles. The lowest BCUT2D eigenvalue weighted by Crippen LogP contribution is -2.43. The minimum absolute atomic E-state index is 0.0111. The van der Waals surface area contributed by atoms with Gasteiger partial charge in [-0.05, 0) is 72.1 Å². The maximum atomic E-state index is 12.1. The first kappa shape index (κ1) is 17.8. The van der Waals surface area contributed by atoms with Crippen molar-refractivity contribution in [3.63, 3.8) is 0 Å². The molecule has 1 aliphatic rings. The number of halogens is 2. The molecule has 0 bridgehead atoms. The van der Waals surface area contributed by atoms with Gasteiger partial charge in [-0.25, -0.2) is 4.79 Å². The number of aromatic nitrogens is 1. The highest BCUT2D eigenvalue weighted by Gasteiger charge is 2.27. The van der Waals surface area contributed by atoms with Crippen LogP contribution < -0.4 is 5.56 Å². The van der Waals surface area contributed by atoms with E-state index in [-0.39, 0.29) is 17.7 Å². The third-order valence-electron chi connectivity index (χ3n) is 3.49. The second kappa shape index (κ2) is 6.90. The zero-order chi connectivity index (χ0) is 16.5. The number of likely N-dealkylation sites (tertiary alicyclic amines) is 1. The van der Waals surface area contributed by atoms with E-state index in [9.17, 15) is 9.59 Å². The molecule has 1 fully saturated rings. The Hall–Kier alpha value is -0.570. The summed E-state index contributed by atoms with van der Waals surface area (Å²) in [4.78, 5) is 25.9. The van der Waals surface area contributed by atoms with Gasteiger partial charge >= 0.3 is 6.09 Å². The Morgan fingerprint density at radius 1 is 1.36 bits per heavy atom. The number of carbonyl (C=O) groups excluding carboxylic acids is 1. The standard InChI is InChI=1S/C15H20BrIN2O3/c1-15(2,3)22-14(21)18-6-4-10(5-7-18)19-9-12(17)11(16)8-13(19)20/h8-10H,4-7H2,1-3H3. The second-order valence-corrected chi connectivity index (χ2v) is 8.43. The molecule has 0 N–H and O–H groups in total. The molecule has 7 heteroatoms. The molecule has 0 atom stereocenters. The first-order valence-corrected chi connectivity index (χ1v) is 9.09. The van der Waals surface area contributed by atoms with Crippen molar-refractivity contribution in [2.45, 2.75) is 45.3 Å². The van der Waals surface area contributed by atoms with Crippen LogP contribution >= 0.6 is 38.5 Å². The third kappa shape index (κ3) is 4.47. The van der Waals surface area contributed by atoms with Gasteiger partial charge in [-0.2, -0.15) is 0 Å². The average molecular weight is 483 g/mol. The molecule has 22 heavy (non-hydrogen) atoms. The maximum absolute atomic E-state index is 12.1. The van der Waals surface area contributed by atoms with Crippen molar-refractivity contribution in [1.29, 1.82) is 0 Å². The van der Waals surface area contributed by atoms with E-state index in [1.54, 1.807) is 15.5 Å². The van der Waals surface area contributed by atoms with E-state index in [4.69, 9.17) is 4.74 Å². The van der Waals surface area contributed by atoms with Crippen LogP contribution in [0.25, 0.3) is 0 Å². The van der Waals surface area contributed by atoms with Gasteiger partial charge in [0, 0.05) is 39.4 Å². The molecule has 1 aromatic rings. The van der Waals surface area contributed by atoms with Gasteiger partial charge in [0.25, 0.3) is 5.56 Å². The van der Waals surface area contributed by atoms with Gasteiger partial charge in [0.2, 0.25) is 0 Å². The monoisotopic (exact) mass is 482 g/mol.